The molecule has 2 aliphatic carbocycles. The van der Waals surface area contributed by atoms with Gasteiger partial charge in [0.25, 0.3) is 0 Å². The number of nitrogens with one attached hydrogen (secondary N) is 1. The van der Waals surface area contributed by atoms with E-state index in [9.17, 15) is 17.6 Å². The highest BCUT2D eigenvalue weighted by molar-refractivity contribution is 7.90. The number of likely N-dealkylation sites (tertiary alicyclic amines) is 1. The van der Waals surface area contributed by atoms with Crippen LogP contribution in [0.25, 0.3) is 16.5 Å². The van der Waals surface area contributed by atoms with Crippen LogP contribution in [0.4, 0.5) is 10.1 Å². The van der Waals surface area contributed by atoms with E-state index in [1.165, 1.54) is 38.4 Å². The summed E-state index contributed by atoms with van der Waals surface area (Å²) in [6, 6.07) is 5.66. The van der Waals surface area contributed by atoms with Crippen LogP contribution in [-0.4, -0.2) is 67.6 Å². The minimum atomic E-state index is -3.55. The van der Waals surface area contributed by atoms with E-state index in [0.717, 1.165) is 32.2 Å². The number of aromatic nitrogens is 1. The minimum absolute atomic E-state index is 0.163. The van der Waals surface area contributed by atoms with Gasteiger partial charge >= 0.3 is 0 Å². The molecule has 1 saturated heterocycles. The van der Waals surface area contributed by atoms with Gasteiger partial charge in [-0.25, -0.2) is 12.8 Å². The smallest absolute Gasteiger partial charge is 0.189 e. The molecule has 0 spiro atoms. The summed E-state index contributed by atoms with van der Waals surface area (Å²) in [7, 11) is -3.55. The highest BCUT2D eigenvalue weighted by Crippen LogP contribution is 2.39. The highest BCUT2D eigenvalue weighted by Gasteiger charge is 2.36. The molecule has 1 N–H and O–H groups in total. The lowest BCUT2D eigenvalue weighted by Gasteiger charge is -2.32. The van der Waals surface area contributed by atoms with Crippen molar-refractivity contribution in [1.29, 1.82) is 0 Å². The Bertz CT molecular complexity index is 1320. The van der Waals surface area contributed by atoms with Gasteiger partial charge in [0.1, 0.15) is 10.3 Å². The van der Waals surface area contributed by atoms with Crippen LogP contribution in [0.1, 0.15) is 51.0 Å². The fourth-order valence-corrected chi connectivity index (χ4v) is 7.15. The molecule has 3 atom stereocenters. The third kappa shape index (κ3) is 5.57. The number of allylic oxidation sites excluding steroid dienone is 2. The molecule has 0 amide bonds. The first-order valence-corrected chi connectivity index (χ1v) is 15.6. The number of hydrogen-bond acceptors (Lipinski definition) is 6. The topological polar surface area (TPSA) is 79.4 Å². The van der Waals surface area contributed by atoms with E-state index in [4.69, 9.17) is 11.6 Å². The van der Waals surface area contributed by atoms with Crippen LogP contribution in [0.3, 0.4) is 0 Å². The van der Waals surface area contributed by atoms with Crippen LogP contribution in [0.15, 0.2) is 35.4 Å². The van der Waals surface area contributed by atoms with E-state index < -0.39 is 33.1 Å². The van der Waals surface area contributed by atoms with Gasteiger partial charge in [0.2, 0.25) is 0 Å². The van der Waals surface area contributed by atoms with Crippen LogP contribution >= 0.6 is 11.6 Å². The van der Waals surface area contributed by atoms with Crippen molar-refractivity contribution in [1.82, 2.24) is 9.88 Å². The van der Waals surface area contributed by atoms with Crippen molar-refractivity contribution in [2.75, 3.05) is 31.2 Å². The van der Waals surface area contributed by atoms with Crippen molar-refractivity contribution in [3.63, 3.8) is 0 Å². The molecule has 1 aromatic heterocycles. The summed E-state index contributed by atoms with van der Waals surface area (Å²) in [5.41, 5.74) is 2.56. The number of Topliss-reactive ketones (excluding diaryl/α,β-unsaturated/α-hetero) is 1. The number of hydrogen-bond donors (Lipinski definition) is 1. The van der Waals surface area contributed by atoms with Crippen LogP contribution in [0.5, 0.6) is 0 Å². The Morgan fingerprint density at radius 1 is 1.16 bits per heavy atom. The molecule has 1 aromatic carbocycles. The van der Waals surface area contributed by atoms with E-state index in [1.807, 2.05) is 18.2 Å². The van der Waals surface area contributed by atoms with E-state index in [-0.39, 0.29) is 10.9 Å². The van der Waals surface area contributed by atoms with E-state index >= 15 is 0 Å². The molecule has 37 heavy (non-hydrogen) atoms. The first-order valence-electron chi connectivity index (χ1n) is 13.3. The molecule has 5 rings (SSSR count). The Morgan fingerprint density at radius 2 is 1.86 bits per heavy atom. The average molecular weight is 548 g/mol. The molecule has 2 aromatic rings. The van der Waals surface area contributed by atoms with Crippen LogP contribution in [-0.2, 0) is 14.6 Å². The van der Waals surface area contributed by atoms with Crippen molar-refractivity contribution in [2.24, 2.45) is 11.8 Å². The molecule has 2 heterocycles. The molecule has 1 aliphatic heterocycles. The van der Waals surface area contributed by atoms with Crippen molar-refractivity contribution in [3.05, 3.63) is 36.0 Å². The Hall–Kier alpha value is -2.03. The van der Waals surface area contributed by atoms with Crippen molar-refractivity contribution >= 4 is 49.4 Å². The van der Waals surface area contributed by atoms with Crippen LogP contribution in [0, 0.1) is 11.8 Å². The Labute approximate surface area is 223 Å². The number of fused-ring (bicyclic) bond motifs is 1. The number of benzene rings is 1. The summed E-state index contributed by atoms with van der Waals surface area (Å²) in [4.78, 5) is 19.2. The first kappa shape index (κ1) is 26.6. The predicted molar refractivity (Wildman–Crippen MR) is 147 cm³/mol. The maximum Gasteiger partial charge on any atom is 0.189 e. The number of carbonyl (C=O) groups excluding carboxylic acids is 1. The Morgan fingerprint density at radius 3 is 2.54 bits per heavy atom. The van der Waals surface area contributed by atoms with Gasteiger partial charge in [-0.1, -0.05) is 19.1 Å². The Balaban J connectivity index is 1.45. The molecule has 1 saturated carbocycles. The lowest BCUT2D eigenvalue weighted by molar-refractivity contribution is -0.124. The van der Waals surface area contributed by atoms with Crippen molar-refractivity contribution < 1.29 is 17.6 Å². The molecule has 0 bridgehead atoms. The number of ketones is 1. The van der Waals surface area contributed by atoms with Crippen molar-refractivity contribution in [2.45, 2.75) is 67.9 Å². The number of sulfone groups is 1. The molecule has 0 radical (unpaired) electrons. The molecule has 3 aliphatic rings. The fraction of sp³-hybridized carbons (Fsp3) is 0.571. The van der Waals surface area contributed by atoms with Gasteiger partial charge in [0.05, 0.1) is 11.2 Å². The third-order valence-corrected chi connectivity index (χ3v) is 9.72. The van der Waals surface area contributed by atoms with E-state index in [1.54, 1.807) is 13.0 Å². The first-order chi connectivity index (χ1) is 17.6. The number of anilines is 1. The second kappa shape index (κ2) is 10.6. The van der Waals surface area contributed by atoms with Gasteiger partial charge in [0.15, 0.2) is 21.8 Å². The van der Waals surface area contributed by atoms with E-state index in [2.05, 4.69) is 15.2 Å². The summed E-state index contributed by atoms with van der Waals surface area (Å²) >= 11 is 6.13. The maximum atomic E-state index is 14.7. The normalized spacial score (nSPS) is 29.5. The molecule has 200 valence electrons. The second-order valence-electron chi connectivity index (χ2n) is 11.0. The third-order valence-electron chi connectivity index (χ3n) is 8.28. The summed E-state index contributed by atoms with van der Waals surface area (Å²) in [5, 5.41) is 3.22. The van der Waals surface area contributed by atoms with Gasteiger partial charge in [-0.05, 0) is 80.8 Å². The zero-order valence-corrected chi connectivity index (χ0v) is 23.0. The van der Waals surface area contributed by atoms with Gasteiger partial charge in [-0.2, -0.15) is 0 Å². The van der Waals surface area contributed by atoms with Gasteiger partial charge in [-0.15, -0.1) is 11.6 Å². The summed E-state index contributed by atoms with van der Waals surface area (Å²) in [6.07, 6.45) is 9.33. The number of carbonyl (C=O) groups is 1. The molecule has 3 unspecified atom stereocenters. The fourth-order valence-electron chi connectivity index (χ4n) is 6.11. The van der Waals surface area contributed by atoms with Gasteiger partial charge in [-0.3, -0.25) is 9.78 Å². The second-order valence-corrected chi connectivity index (χ2v) is 13.4. The zero-order chi connectivity index (χ0) is 26.3. The standard InChI is InChI=1S/C28H35ClFN3O3S/c1-17-21(14-23(29)28(34)26(17)30)19-7-10-24-22(13-19)27(25(15-31-24)37(2,35)36)32-20-8-5-18(6-9-20)16-33-11-3-4-12-33/h7,10,13-15,17-18,20,23,26H,3-6,8-9,11-12,16H2,1-2H3,(H,31,32). The maximum absolute atomic E-state index is 14.7. The molecular formula is C28H35ClFN3O3S. The summed E-state index contributed by atoms with van der Waals surface area (Å²) < 4.78 is 40.1. The van der Waals surface area contributed by atoms with E-state index in [0.29, 0.717) is 33.6 Å². The zero-order valence-electron chi connectivity index (χ0n) is 21.4. The van der Waals surface area contributed by atoms with Gasteiger partial charge < -0.3 is 10.2 Å². The highest BCUT2D eigenvalue weighted by atomic mass is 35.5. The molecular weight excluding hydrogens is 513 g/mol. The van der Waals surface area contributed by atoms with Gasteiger partial charge in [0, 0.05) is 36.3 Å². The quantitative estimate of drug-likeness (QED) is 0.497. The van der Waals surface area contributed by atoms with Crippen LogP contribution in [0.2, 0.25) is 0 Å². The molecule has 6 nitrogen and oxygen atoms in total. The lowest BCUT2D eigenvalue weighted by atomic mass is 9.82. The summed E-state index contributed by atoms with van der Waals surface area (Å²) in [5.74, 6) is -0.582. The average Bonchev–Trinajstić information content (AvgIpc) is 3.38. The SMILES string of the molecule is CC1C(c2ccc3ncc(S(C)(=O)=O)c(NC4CCC(CN5CCCC5)CC4)c3c2)=CC(Cl)C(=O)C1F. The predicted octanol–water partition coefficient (Wildman–Crippen LogP) is 5.25. The lowest BCUT2D eigenvalue weighted by Crippen LogP contribution is -2.34. The molecule has 9 heteroatoms. The summed E-state index contributed by atoms with van der Waals surface area (Å²) in [6.45, 7) is 5.25. The largest absolute Gasteiger partial charge is 0.381 e. The number of alkyl halides is 2. The number of pyridine rings is 1. The molecule has 2 fully saturated rings. The van der Waals surface area contributed by atoms with Crippen molar-refractivity contribution in [3.8, 4) is 0 Å². The van der Waals surface area contributed by atoms with Crippen LogP contribution < -0.4 is 5.32 Å². The number of nitrogens with zero attached hydrogens (tertiary/aromatic N) is 2. The number of halogens is 2. The monoisotopic (exact) mass is 547 g/mol. The Kier molecular flexibility index (Phi) is 7.63. The minimum Gasteiger partial charge on any atom is -0.381 e. The number of rotatable bonds is 6.